The van der Waals surface area contributed by atoms with E-state index < -0.39 is 0 Å². The molecule has 0 aliphatic carbocycles. The molecule has 1 saturated heterocycles. The van der Waals surface area contributed by atoms with Crippen LogP contribution in [0.1, 0.15) is 21.0 Å². The molecule has 4 nitrogen and oxygen atoms in total. The Morgan fingerprint density at radius 1 is 1.60 bits per heavy atom. The highest BCUT2D eigenvalue weighted by Gasteiger charge is 2.23. The van der Waals surface area contributed by atoms with Crippen LogP contribution in [-0.2, 0) is 0 Å². The van der Waals surface area contributed by atoms with E-state index in [1.807, 2.05) is 24.1 Å². The van der Waals surface area contributed by atoms with Crippen LogP contribution in [0.15, 0.2) is 12.1 Å². The van der Waals surface area contributed by atoms with Crippen molar-refractivity contribution in [3.05, 3.63) is 21.9 Å². The van der Waals surface area contributed by atoms with E-state index in [0.29, 0.717) is 12.5 Å². The molecule has 20 heavy (non-hydrogen) atoms. The Hall–Kier alpha value is -1.35. The fourth-order valence-corrected chi connectivity index (χ4v) is 3.37. The number of hydrogen-bond acceptors (Lipinski definition) is 4. The molecule has 2 N–H and O–H groups in total. The maximum atomic E-state index is 12.4. The highest BCUT2D eigenvalue weighted by atomic mass is 32.1. The second-order valence-electron chi connectivity index (χ2n) is 5.27. The molecule has 0 bridgehead atoms. The summed E-state index contributed by atoms with van der Waals surface area (Å²) in [6, 6.07) is 3.74. The van der Waals surface area contributed by atoms with Gasteiger partial charge in [0.25, 0.3) is 5.91 Å². The van der Waals surface area contributed by atoms with Crippen LogP contribution < -0.4 is 5.73 Å². The summed E-state index contributed by atoms with van der Waals surface area (Å²) in [6.45, 7) is 3.38. The van der Waals surface area contributed by atoms with Crippen molar-refractivity contribution in [3.63, 3.8) is 0 Å². The van der Waals surface area contributed by atoms with E-state index in [2.05, 4.69) is 23.8 Å². The molecular weight excluding hydrogens is 270 g/mol. The standard InChI is InChI=1S/C15H21N3OS/c1-17-9-7-12(10-17)11-18(2)15(19)14-6-5-13(20-14)4-3-8-16/h5-6,12H,7-11,16H2,1-2H3. The lowest BCUT2D eigenvalue weighted by Gasteiger charge is -2.20. The van der Waals surface area contributed by atoms with Gasteiger partial charge in [0.2, 0.25) is 0 Å². The molecule has 1 amide bonds. The summed E-state index contributed by atoms with van der Waals surface area (Å²) in [5, 5.41) is 0. The molecule has 0 spiro atoms. The van der Waals surface area contributed by atoms with Crippen LogP contribution >= 0.6 is 11.3 Å². The van der Waals surface area contributed by atoms with Crippen LogP contribution in [0.3, 0.4) is 0 Å². The number of rotatable bonds is 3. The third-order valence-corrected chi connectivity index (χ3v) is 4.49. The van der Waals surface area contributed by atoms with Crippen molar-refractivity contribution in [2.24, 2.45) is 11.7 Å². The van der Waals surface area contributed by atoms with Crippen LogP contribution in [0, 0.1) is 17.8 Å². The lowest BCUT2D eigenvalue weighted by molar-refractivity contribution is 0.0779. The van der Waals surface area contributed by atoms with Gasteiger partial charge >= 0.3 is 0 Å². The summed E-state index contributed by atoms with van der Waals surface area (Å²) in [4.78, 5) is 18.1. The van der Waals surface area contributed by atoms with Crippen LogP contribution in [-0.4, -0.2) is 56.0 Å². The first-order chi connectivity index (χ1) is 9.60. The first-order valence-corrected chi connectivity index (χ1v) is 7.64. The highest BCUT2D eigenvalue weighted by molar-refractivity contribution is 7.14. The minimum atomic E-state index is 0.0883. The number of thiophene rings is 1. The molecule has 108 valence electrons. The molecule has 1 unspecified atom stereocenters. The van der Waals surface area contributed by atoms with Gasteiger partial charge in [0.05, 0.1) is 16.3 Å². The van der Waals surface area contributed by atoms with E-state index in [1.165, 1.54) is 17.8 Å². The fourth-order valence-electron chi connectivity index (χ4n) is 2.49. The Kier molecular flexibility index (Phi) is 5.18. The van der Waals surface area contributed by atoms with E-state index >= 15 is 0 Å². The Bertz CT molecular complexity index is 529. The number of likely N-dealkylation sites (tertiary alicyclic amines) is 1. The average molecular weight is 291 g/mol. The zero-order chi connectivity index (χ0) is 14.5. The van der Waals surface area contributed by atoms with Crippen molar-refractivity contribution in [2.75, 3.05) is 40.3 Å². The van der Waals surface area contributed by atoms with Crippen molar-refractivity contribution in [1.29, 1.82) is 0 Å². The highest BCUT2D eigenvalue weighted by Crippen LogP contribution is 2.20. The zero-order valence-electron chi connectivity index (χ0n) is 12.1. The molecule has 1 fully saturated rings. The SMILES string of the molecule is CN1CCC(CN(C)C(=O)c2ccc(C#CCN)s2)C1. The van der Waals surface area contributed by atoms with E-state index in [1.54, 1.807) is 0 Å². The first kappa shape index (κ1) is 15.0. The number of hydrogen-bond donors (Lipinski definition) is 1. The molecule has 2 rings (SSSR count). The van der Waals surface area contributed by atoms with E-state index in [-0.39, 0.29) is 5.91 Å². The van der Waals surface area contributed by atoms with Crippen molar-refractivity contribution in [2.45, 2.75) is 6.42 Å². The monoisotopic (exact) mass is 291 g/mol. The van der Waals surface area contributed by atoms with Crippen LogP contribution in [0.4, 0.5) is 0 Å². The Morgan fingerprint density at radius 3 is 3.05 bits per heavy atom. The predicted molar refractivity (Wildman–Crippen MR) is 82.8 cm³/mol. The molecule has 1 aliphatic heterocycles. The van der Waals surface area contributed by atoms with Gasteiger partial charge in [-0.25, -0.2) is 0 Å². The number of nitrogens with zero attached hydrogens (tertiary/aromatic N) is 2. The molecule has 1 aromatic heterocycles. The van der Waals surface area contributed by atoms with Crippen LogP contribution in [0.5, 0.6) is 0 Å². The molecule has 2 heterocycles. The molecule has 0 aromatic carbocycles. The van der Waals surface area contributed by atoms with Crippen molar-refractivity contribution < 1.29 is 4.79 Å². The maximum absolute atomic E-state index is 12.4. The van der Waals surface area contributed by atoms with Crippen molar-refractivity contribution >= 4 is 17.2 Å². The summed E-state index contributed by atoms with van der Waals surface area (Å²) in [5.74, 6) is 6.45. The van der Waals surface area contributed by atoms with Gasteiger partial charge in [-0.15, -0.1) is 11.3 Å². The average Bonchev–Trinajstić information content (AvgIpc) is 3.04. The molecule has 5 heteroatoms. The molecular formula is C15H21N3OS. The molecule has 0 radical (unpaired) electrons. The van der Waals surface area contributed by atoms with Gasteiger partial charge in [-0.2, -0.15) is 0 Å². The van der Waals surface area contributed by atoms with E-state index in [4.69, 9.17) is 5.73 Å². The lowest BCUT2D eigenvalue weighted by Crippen LogP contribution is -2.32. The zero-order valence-corrected chi connectivity index (χ0v) is 12.9. The summed E-state index contributed by atoms with van der Waals surface area (Å²) >= 11 is 1.44. The second kappa shape index (κ2) is 6.89. The van der Waals surface area contributed by atoms with Gasteiger partial charge in [0, 0.05) is 20.1 Å². The Balaban J connectivity index is 1.94. The molecule has 1 aliphatic rings. The van der Waals surface area contributed by atoms with Crippen LogP contribution in [0.25, 0.3) is 0 Å². The third-order valence-electron chi connectivity index (χ3n) is 3.50. The molecule has 0 saturated carbocycles. The van der Waals surface area contributed by atoms with Crippen molar-refractivity contribution in [1.82, 2.24) is 9.80 Å². The van der Waals surface area contributed by atoms with Gasteiger partial charge in [0.1, 0.15) is 0 Å². The fraction of sp³-hybridized carbons (Fsp3) is 0.533. The maximum Gasteiger partial charge on any atom is 0.263 e. The summed E-state index contributed by atoms with van der Waals surface area (Å²) in [5.41, 5.74) is 5.35. The van der Waals surface area contributed by atoms with Gasteiger partial charge in [0.15, 0.2) is 0 Å². The smallest absolute Gasteiger partial charge is 0.263 e. The van der Waals surface area contributed by atoms with E-state index in [9.17, 15) is 4.79 Å². The van der Waals surface area contributed by atoms with Gasteiger partial charge in [-0.05, 0) is 38.1 Å². The largest absolute Gasteiger partial charge is 0.341 e. The minimum Gasteiger partial charge on any atom is -0.341 e. The van der Waals surface area contributed by atoms with Crippen LogP contribution in [0.2, 0.25) is 0 Å². The quantitative estimate of drug-likeness (QED) is 0.848. The second-order valence-corrected chi connectivity index (χ2v) is 6.36. The predicted octanol–water partition coefficient (Wildman–Crippen LogP) is 1.08. The topological polar surface area (TPSA) is 49.6 Å². The summed E-state index contributed by atoms with van der Waals surface area (Å²) in [6.07, 6.45) is 1.17. The number of nitrogens with two attached hydrogens (primary N) is 1. The summed E-state index contributed by atoms with van der Waals surface area (Å²) < 4.78 is 0. The summed E-state index contributed by atoms with van der Waals surface area (Å²) in [7, 11) is 4.01. The number of carbonyl (C=O) groups is 1. The van der Waals surface area contributed by atoms with E-state index in [0.717, 1.165) is 29.4 Å². The van der Waals surface area contributed by atoms with Gasteiger partial charge in [-0.1, -0.05) is 11.8 Å². The Morgan fingerprint density at radius 2 is 2.40 bits per heavy atom. The normalized spacial score (nSPS) is 18.6. The molecule has 1 atom stereocenters. The third kappa shape index (κ3) is 3.83. The minimum absolute atomic E-state index is 0.0883. The number of amides is 1. The number of carbonyl (C=O) groups excluding carboxylic acids is 1. The van der Waals surface area contributed by atoms with Crippen molar-refractivity contribution in [3.8, 4) is 11.8 Å². The first-order valence-electron chi connectivity index (χ1n) is 6.83. The van der Waals surface area contributed by atoms with Gasteiger partial charge < -0.3 is 15.5 Å². The van der Waals surface area contributed by atoms with Gasteiger partial charge in [-0.3, -0.25) is 4.79 Å². The molecule has 1 aromatic rings. The lowest BCUT2D eigenvalue weighted by atomic mass is 10.1. The Labute approximate surface area is 124 Å².